The van der Waals surface area contributed by atoms with E-state index in [2.05, 4.69) is 0 Å². The summed E-state index contributed by atoms with van der Waals surface area (Å²) in [6.45, 7) is -0.152. The molecule has 0 aliphatic carbocycles. The van der Waals surface area contributed by atoms with Crippen LogP contribution in [0.3, 0.4) is 0 Å². The first-order valence-corrected chi connectivity index (χ1v) is 5.63. The number of rotatable bonds is 1. The lowest BCUT2D eigenvalue weighted by Crippen LogP contribution is -2.41. The van der Waals surface area contributed by atoms with Crippen molar-refractivity contribution in [1.82, 2.24) is 0 Å². The van der Waals surface area contributed by atoms with Gasteiger partial charge < -0.3 is 14.9 Å². The topological polar surface area (TPSA) is 70.0 Å². The first-order chi connectivity index (χ1) is 8.20. The number of aryl methyl sites for hydroxylation is 1. The van der Waals surface area contributed by atoms with Crippen molar-refractivity contribution in [2.45, 2.75) is 25.0 Å². The molecule has 0 radical (unpaired) electrons. The van der Waals surface area contributed by atoms with Crippen LogP contribution in [-0.4, -0.2) is 35.1 Å². The third kappa shape index (κ3) is 1.46. The molecule has 1 aromatic rings. The second kappa shape index (κ2) is 3.63. The molecule has 1 aromatic carbocycles. The predicted molar refractivity (Wildman–Crippen MR) is 60.0 cm³/mol. The number of cyclic esters (lactones) is 1. The van der Waals surface area contributed by atoms with Crippen LogP contribution in [0.5, 0.6) is 5.75 Å². The summed E-state index contributed by atoms with van der Waals surface area (Å²) in [5.41, 5.74) is 1.72. The standard InChI is InChI=1S/C12H13NO4/c14-6-11-10-3-1-7-5-8(15)2-4-9(7)13(10)12(16)17-11/h2,4-5,10-11,14-15H,1,3,6H2/t10-,11+/m1/s1. The predicted octanol–water partition coefficient (Wildman–Crippen LogP) is 1.02. The number of fused-ring (bicyclic) bond motifs is 3. The number of aromatic hydroxyl groups is 1. The highest BCUT2D eigenvalue weighted by atomic mass is 16.6. The average Bonchev–Trinajstić information content (AvgIpc) is 2.66. The van der Waals surface area contributed by atoms with Gasteiger partial charge in [0.25, 0.3) is 0 Å². The van der Waals surface area contributed by atoms with Crippen LogP contribution in [0.2, 0.25) is 0 Å². The number of aliphatic hydroxyl groups excluding tert-OH is 1. The molecule has 2 aliphatic heterocycles. The lowest BCUT2D eigenvalue weighted by molar-refractivity contribution is 0.0817. The number of aliphatic hydroxyl groups is 1. The molecule has 1 saturated heterocycles. The number of hydrogen-bond acceptors (Lipinski definition) is 4. The average molecular weight is 235 g/mol. The number of ether oxygens (including phenoxy) is 1. The van der Waals surface area contributed by atoms with E-state index in [1.54, 1.807) is 23.1 Å². The lowest BCUT2D eigenvalue weighted by Gasteiger charge is -2.30. The summed E-state index contributed by atoms with van der Waals surface area (Å²) in [5, 5.41) is 18.6. The summed E-state index contributed by atoms with van der Waals surface area (Å²) in [6, 6.07) is 4.86. The van der Waals surface area contributed by atoms with Gasteiger partial charge in [0.2, 0.25) is 0 Å². The Labute approximate surface area is 98.2 Å². The van der Waals surface area contributed by atoms with Crippen LogP contribution >= 0.6 is 0 Å². The quantitative estimate of drug-likeness (QED) is 0.762. The number of anilines is 1. The smallest absolute Gasteiger partial charge is 0.415 e. The van der Waals surface area contributed by atoms with Gasteiger partial charge in [-0.25, -0.2) is 4.79 Å². The molecule has 2 heterocycles. The molecule has 0 aromatic heterocycles. The molecule has 2 atom stereocenters. The van der Waals surface area contributed by atoms with Gasteiger partial charge in [-0.3, -0.25) is 4.90 Å². The molecule has 3 rings (SSSR count). The van der Waals surface area contributed by atoms with Gasteiger partial charge in [0.1, 0.15) is 11.9 Å². The molecule has 1 amide bonds. The lowest BCUT2D eigenvalue weighted by atomic mass is 9.94. The van der Waals surface area contributed by atoms with Crippen LogP contribution in [0.15, 0.2) is 18.2 Å². The minimum Gasteiger partial charge on any atom is -0.508 e. The SMILES string of the molecule is O=C1O[C@@H](CO)[C@H]2CCc3cc(O)ccc3N12. The normalized spacial score (nSPS) is 26.4. The molecule has 2 N–H and O–H groups in total. The Balaban J connectivity index is 2.04. The van der Waals surface area contributed by atoms with Gasteiger partial charge in [-0.1, -0.05) is 0 Å². The third-order valence-electron chi connectivity index (χ3n) is 3.42. The number of phenolic OH excluding ortho intramolecular Hbond substituents is 1. The molecule has 17 heavy (non-hydrogen) atoms. The molecule has 0 saturated carbocycles. The monoisotopic (exact) mass is 235 g/mol. The Hall–Kier alpha value is -1.75. The molecule has 0 spiro atoms. The fourth-order valence-electron chi connectivity index (χ4n) is 2.63. The molecular formula is C12H13NO4. The zero-order valence-electron chi connectivity index (χ0n) is 9.17. The summed E-state index contributed by atoms with van der Waals surface area (Å²) in [5.74, 6) is 0.202. The molecule has 2 aliphatic rings. The van der Waals surface area contributed by atoms with Gasteiger partial charge in [-0.05, 0) is 36.6 Å². The maximum atomic E-state index is 11.8. The number of amides is 1. The largest absolute Gasteiger partial charge is 0.508 e. The zero-order chi connectivity index (χ0) is 12.0. The van der Waals surface area contributed by atoms with Gasteiger partial charge in [-0.2, -0.15) is 0 Å². The first-order valence-electron chi connectivity index (χ1n) is 5.63. The highest BCUT2D eigenvalue weighted by Crippen LogP contribution is 2.38. The van der Waals surface area contributed by atoms with E-state index < -0.39 is 12.2 Å². The number of phenols is 1. The van der Waals surface area contributed by atoms with Crippen molar-refractivity contribution in [3.63, 3.8) is 0 Å². The Bertz CT molecular complexity index is 474. The van der Waals surface area contributed by atoms with Gasteiger partial charge >= 0.3 is 6.09 Å². The highest BCUT2D eigenvalue weighted by molar-refractivity contribution is 5.92. The van der Waals surface area contributed by atoms with Gasteiger partial charge in [-0.15, -0.1) is 0 Å². The van der Waals surface area contributed by atoms with Gasteiger partial charge in [0.15, 0.2) is 0 Å². The Morgan fingerprint density at radius 1 is 1.47 bits per heavy atom. The fraction of sp³-hybridized carbons (Fsp3) is 0.417. The molecule has 90 valence electrons. The van der Waals surface area contributed by atoms with Gasteiger partial charge in [0, 0.05) is 0 Å². The first kappa shape index (κ1) is 10.4. The summed E-state index contributed by atoms with van der Waals surface area (Å²) in [4.78, 5) is 13.3. The summed E-state index contributed by atoms with van der Waals surface area (Å²) >= 11 is 0. The van der Waals surface area contributed by atoms with Crippen molar-refractivity contribution in [1.29, 1.82) is 0 Å². The van der Waals surface area contributed by atoms with Crippen LogP contribution in [0.25, 0.3) is 0 Å². The van der Waals surface area contributed by atoms with Crippen molar-refractivity contribution < 1.29 is 19.7 Å². The molecule has 0 bridgehead atoms. The minimum atomic E-state index is -0.440. The van der Waals surface area contributed by atoms with E-state index in [1.807, 2.05) is 0 Å². The number of nitrogens with zero attached hydrogens (tertiary/aromatic N) is 1. The summed E-state index contributed by atoms with van der Waals surface area (Å²) in [6.07, 6.45) is 0.663. The Kier molecular flexibility index (Phi) is 2.22. The van der Waals surface area contributed by atoms with E-state index in [9.17, 15) is 15.0 Å². The van der Waals surface area contributed by atoms with E-state index in [0.29, 0.717) is 0 Å². The van der Waals surface area contributed by atoms with E-state index in [1.165, 1.54) is 0 Å². The van der Waals surface area contributed by atoms with E-state index >= 15 is 0 Å². The second-order valence-electron chi connectivity index (χ2n) is 4.39. The zero-order valence-corrected chi connectivity index (χ0v) is 9.17. The van der Waals surface area contributed by atoms with Crippen molar-refractivity contribution >= 4 is 11.8 Å². The van der Waals surface area contributed by atoms with Crippen LogP contribution in [-0.2, 0) is 11.2 Å². The number of carbonyl (C=O) groups excluding carboxylic acids is 1. The molecule has 5 nitrogen and oxygen atoms in total. The molecule has 5 heteroatoms. The van der Waals surface area contributed by atoms with E-state index in [-0.39, 0.29) is 18.4 Å². The van der Waals surface area contributed by atoms with Crippen molar-refractivity contribution in [2.24, 2.45) is 0 Å². The minimum absolute atomic E-state index is 0.0930. The molecule has 1 fully saturated rings. The van der Waals surface area contributed by atoms with Crippen LogP contribution in [0.4, 0.5) is 10.5 Å². The van der Waals surface area contributed by atoms with Crippen molar-refractivity contribution in [2.75, 3.05) is 11.5 Å². The maximum Gasteiger partial charge on any atom is 0.415 e. The fourth-order valence-corrected chi connectivity index (χ4v) is 2.63. The van der Waals surface area contributed by atoms with Crippen molar-refractivity contribution in [3.05, 3.63) is 23.8 Å². The number of hydrogen-bond donors (Lipinski definition) is 2. The summed E-state index contributed by atoms with van der Waals surface area (Å²) < 4.78 is 5.12. The second-order valence-corrected chi connectivity index (χ2v) is 4.39. The Morgan fingerprint density at radius 2 is 2.29 bits per heavy atom. The van der Waals surface area contributed by atoms with Crippen molar-refractivity contribution in [3.8, 4) is 5.75 Å². The highest BCUT2D eigenvalue weighted by Gasteiger charge is 2.44. The third-order valence-corrected chi connectivity index (χ3v) is 3.42. The van der Waals surface area contributed by atoms with E-state index in [4.69, 9.17) is 4.74 Å². The maximum absolute atomic E-state index is 11.8. The number of benzene rings is 1. The van der Waals surface area contributed by atoms with Crippen LogP contribution < -0.4 is 4.90 Å². The molecule has 0 unspecified atom stereocenters. The Morgan fingerprint density at radius 3 is 3.06 bits per heavy atom. The summed E-state index contributed by atoms with van der Waals surface area (Å²) in [7, 11) is 0. The van der Waals surface area contributed by atoms with Crippen LogP contribution in [0, 0.1) is 0 Å². The molecular weight excluding hydrogens is 222 g/mol. The van der Waals surface area contributed by atoms with Gasteiger partial charge in [0.05, 0.1) is 18.3 Å². The van der Waals surface area contributed by atoms with Crippen LogP contribution in [0.1, 0.15) is 12.0 Å². The van der Waals surface area contributed by atoms with E-state index in [0.717, 1.165) is 24.1 Å². The number of carbonyl (C=O) groups is 1.